The number of rotatable bonds is 4. The van der Waals surface area contributed by atoms with Crippen LogP contribution >= 0.6 is 0 Å². The molecule has 0 aromatic carbocycles. The second-order valence-electron chi connectivity index (χ2n) is 4.59. The third kappa shape index (κ3) is 2.29. The van der Waals surface area contributed by atoms with Crippen molar-refractivity contribution in [1.82, 2.24) is 10.2 Å². The zero-order chi connectivity index (χ0) is 10.6. The monoisotopic (exact) mass is 198 g/mol. The van der Waals surface area contributed by atoms with Gasteiger partial charge in [0.1, 0.15) is 0 Å². The first-order valence-corrected chi connectivity index (χ1v) is 6.17. The van der Waals surface area contributed by atoms with Gasteiger partial charge in [-0.05, 0) is 26.2 Å². The summed E-state index contributed by atoms with van der Waals surface area (Å²) in [4.78, 5) is 2.70. The van der Waals surface area contributed by atoms with Crippen LogP contribution in [0.25, 0.3) is 0 Å². The Morgan fingerprint density at radius 3 is 2.21 bits per heavy atom. The summed E-state index contributed by atoms with van der Waals surface area (Å²) in [6, 6.07) is 0.660. The Morgan fingerprint density at radius 2 is 1.79 bits per heavy atom. The Kier molecular flexibility index (Phi) is 4.39. The van der Waals surface area contributed by atoms with E-state index in [0.29, 0.717) is 11.6 Å². The van der Waals surface area contributed by atoms with Gasteiger partial charge in [0.2, 0.25) is 0 Å². The highest BCUT2D eigenvalue weighted by atomic mass is 15.2. The van der Waals surface area contributed by atoms with E-state index in [0.717, 1.165) is 6.54 Å². The first kappa shape index (κ1) is 12.0. The van der Waals surface area contributed by atoms with Gasteiger partial charge < -0.3 is 5.32 Å². The van der Waals surface area contributed by atoms with E-state index in [4.69, 9.17) is 0 Å². The maximum absolute atomic E-state index is 3.51. The molecule has 1 heterocycles. The second-order valence-corrected chi connectivity index (χ2v) is 4.59. The van der Waals surface area contributed by atoms with E-state index < -0.39 is 0 Å². The topological polar surface area (TPSA) is 15.3 Å². The smallest absolute Gasteiger partial charge is 0.0202 e. The van der Waals surface area contributed by atoms with Gasteiger partial charge in [0.15, 0.2) is 0 Å². The summed E-state index contributed by atoms with van der Waals surface area (Å²) in [6.45, 7) is 12.9. The zero-order valence-corrected chi connectivity index (χ0v) is 10.3. The van der Waals surface area contributed by atoms with Crippen LogP contribution in [-0.2, 0) is 0 Å². The number of nitrogens with one attached hydrogen (secondary N) is 1. The van der Waals surface area contributed by atoms with Crippen molar-refractivity contribution in [1.29, 1.82) is 0 Å². The molecule has 0 spiro atoms. The third-order valence-corrected chi connectivity index (χ3v) is 4.01. The Hall–Kier alpha value is -0.0800. The summed E-state index contributed by atoms with van der Waals surface area (Å²) in [5, 5.41) is 3.51. The fraction of sp³-hybridized carbons (Fsp3) is 1.00. The summed E-state index contributed by atoms with van der Waals surface area (Å²) in [6.07, 6.45) is 3.85. The molecule has 1 atom stereocenters. The average molecular weight is 198 g/mol. The molecule has 0 radical (unpaired) electrons. The SMILES string of the molecule is CCC(CC)(CC)N1CCNC(C)C1. The van der Waals surface area contributed by atoms with Crippen LogP contribution in [0.5, 0.6) is 0 Å². The van der Waals surface area contributed by atoms with Gasteiger partial charge >= 0.3 is 0 Å². The lowest BCUT2D eigenvalue weighted by atomic mass is 9.86. The van der Waals surface area contributed by atoms with Crippen LogP contribution in [0.2, 0.25) is 0 Å². The van der Waals surface area contributed by atoms with E-state index in [1.807, 2.05) is 0 Å². The Bertz CT molecular complexity index is 155. The summed E-state index contributed by atoms with van der Waals surface area (Å²) < 4.78 is 0. The van der Waals surface area contributed by atoms with E-state index in [9.17, 15) is 0 Å². The van der Waals surface area contributed by atoms with Crippen LogP contribution in [-0.4, -0.2) is 36.1 Å². The first-order chi connectivity index (χ1) is 6.68. The molecule has 14 heavy (non-hydrogen) atoms. The molecule has 1 fully saturated rings. The molecular formula is C12H26N2. The molecule has 2 heteroatoms. The van der Waals surface area contributed by atoms with Crippen molar-refractivity contribution in [3.05, 3.63) is 0 Å². The Labute approximate surface area is 89.1 Å². The standard InChI is InChI=1S/C12H26N2/c1-5-12(6-2,7-3)14-9-8-13-11(4)10-14/h11,13H,5-10H2,1-4H3. The van der Waals surface area contributed by atoms with E-state index in [2.05, 4.69) is 37.9 Å². The minimum Gasteiger partial charge on any atom is -0.312 e. The molecule has 1 aliphatic rings. The maximum atomic E-state index is 3.51. The molecule has 0 bridgehead atoms. The largest absolute Gasteiger partial charge is 0.312 e. The third-order valence-electron chi connectivity index (χ3n) is 4.01. The summed E-state index contributed by atoms with van der Waals surface area (Å²) in [5.41, 5.74) is 0.469. The van der Waals surface area contributed by atoms with Crippen LogP contribution in [0.15, 0.2) is 0 Å². The van der Waals surface area contributed by atoms with Gasteiger partial charge in [0, 0.05) is 31.2 Å². The average Bonchev–Trinajstić information content (AvgIpc) is 2.22. The molecule has 1 saturated heterocycles. The van der Waals surface area contributed by atoms with E-state index in [1.54, 1.807) is 0 Å². The normalized spacial score (nSPS) is 25.3. The molecule has 0 aromatic rings. The molecule has 1 aliphatic heterocycles. The number of piperazine rings is 1. The van der Waals surface area contributed by atoms with Gasteiger partial charge in [-0.1, -0.05) is 20.8 Å². The highest BCUT2D eigenvalue weighted by molar-refractivity contribution is 4.91. The van der Waals surface area contributed by atoms with Gasteiger partial charge in [0.25, 0.3) is 0 Å². The lowest BCUT2D eigenvalue weighted by Crippen LogP contribution is -2.58. The number of nitrogens with zero attached hydrogens (tertiary/aromatic N) is 1. The van der Waals surface area contributed by atoms with Crippen LogP contribution in [0.1, 0.15) is 47.0 Å². The first-order valence-electron chi connectivity index (χ1n) is 6.17. The highest BCUT2D eigenvalue weighted by Gasteiger charge is 2.33. The van der Waals surface area contributed by atoms with Gasteiger partial charge in [-0.25, -0.2) is 0 Å². The van der Waals surface area contributed by atoms with Crippen LogP contribution in [0.4, 0.5) is 0 Å². The maximum Gasteiger partial charge on any atom is 0.0202 e. The molecule has 1 unspecified atom stereocenters. The molecule has 1 rings (SSSR count). The van der Waals surface area contributed by atoms with Crippen molar-refractivity contribution in [2.45, 2.75) is 58.5 Å². The van der Waals surface area contributed by atoms with Crippen molar-refractivity contribution < 1.29 is 0 Å². The van der Waals surface area contributed by atoms with Crippen molar-refractivity contribution in [3.8, 4) is 0 Å². The van der Waals surface area contributed by atoms with E-state index >= 15 is 0 Å². The van der Waals surface area contributed by atoms with Crippen LogP contribution in [0.3, 0.4) is 0 Å². The van der Waals surface area contributed by atoms with Crippen molar-refractivity contribution >= 4 is 0 Å². The summed E-state index contributed by atoms with van der Waals surface area (Å²) >= 11 is 0. The predicted molar refractivity (Wildman–Crippen MR) is 62.6 cm³/mol. The van der Waals surface area contributed by atoms with Gasteiger partial charge in [0.05, 0.1) is 0 Å². The van der Waals surface area contributed by atoms with Crippen LogP contribution < -0.4 is 5.32 Å². The van der Waals surface area contributed by atoms with Crippen molar-refractivity contribution in [3.63, 3.8) is 0 Å². The molecule has 0 amide bonds. The van der Waals surface area contributed by atoms with Crippen molar-refractivity contribution in [2.75, 3.05) is 19.6 Å². The highest BCUT2D eigenvalue weighted by Crippen LogP contribution is 2.28. The minimum absolute atomic E-state index is 0.469. The molecular weight excluding hydrogens is 172 g/mol. The van der Waals surface area contributed by atoms with Gasteiger partial charge in [-0.3, -0.25) is 4.90 Å². The fourth-order valence-corrected chi connectivity index (χ4v) is 2.78. The molecule has 84 valence electrons. The lowest BCUT2D eigenvalue weighted by molar-refractivity contribution is 0.0475. The Balaban J connectivity index is 2.66. The fourth-order valence-electron chi connectivity index (χ4n) is 2.78. The lowest BCUT2D eigenvalue weighted by Gasteiger charge is -2.46. The molecule has 0 aromatic heterocycles. The molecule has 0 saturated carbocycles. The van der Waals surface area contributed by atoms with Gasteiger partial charge in [-0.15, -0.1) is 0 Å². The molecule has 1 N–H and O–H groups in total. The second kappa shape index (κ2) is 5.13. The van der Waals surface area contributed by atoms with E-state index in [1.165, 1.54) is 32.4 Å². The van der Waals surface area contributed by atoms with Crippen LogP contribution in [0, 0.1) is 0 Å². The predicted octanol–water partition coefficient (Wildman–Crippen LogP) is 2.25. The van der Waals surface area contributed by atoms with Crippen molar-refractivity contribution in [2.24, 2.45) is 0 Å². The van der Waals surface area contributed by atoms with Gasteiger partial charge in [-0.2, -0.15) is 0 Å². The number of hydrogen-bond donors (Lipinski definition) is 1. The zero-order valence-electron chi connectivity index (χ0n) is 10.3. The number of hydrogen-bond acceptors (Lipinski definition) is 2. The molecule has 2 nitrogen and oxygen atoms in total. The Morgan fingerprint density at radius 1 is 1.21 bits per heavy atom. The van der Waals surface area contributed by atoms with E-state index in [-0.39, 0.29) is 0 Å². The quantitative estimate of drug-likeness (QED) is 0.745. The summed E-state index contributed by atoms with van der Waals surface area (Å²) in [5.74, 6) is 0. The summed E-state index contributed by atoms with van der Waals surface area (Å²) in [7, 11) is 0. The molecule has 0 aliphatic carbocycles. The minimum atomic E-state index is 0.469.